The standard InChI is InChI=1S/C18H20ClNO4/c1-12(24-15-7-5-14(19)6-8-15)18(21)20-11-13-4-9-16(22-2)17(10-13)23-3/h4-10,12H,11H2,1-3H3,(H,20,21). The van der Waals surface area contributed by atoms with Crippen LogP contribution < -0.4 is 19.5 Å². The molecule has 0 aromatic heterocycles. The van der Waals surface area contributed by atoms with Crippen LogP contribution in [-0.4, -0.2) is 26.2 Å². The number of carbonyl (C=O) groups excluding carboxylic acids is 1. The molecule has 6 heteroatoms. The first-order chi connectivity index (χ1) is 11.5. The molecule has 0 aliphatic heterocycles. The number of hydrogen-bond acceptors (Lipinski definition) is 4. The van der Waals surface area contributed by atoms with Gasteiger partial charge in [0.25, 0.3) is 5.91 Å². The molecule has 2 aromatic rings. The fourth-order valence-electron chi connectivity index (χ4n) is 2.09. The molecule has 1 amide bonds. The number of halogens is 1. The lowest BCUT2D eigenvalue weighted by atomic mass is 10.2. The van der Waals surface area contributed by atoms with Gasteiger partial charge in [0.1, 0.15) is 5.75 Å². The zero-order valence-electron chi connectivity index (χ0n) is 13.8. The van der Waals surface area contributed by atoms with Crippen molar-refractivity contribution in [3.05, 3.63) is 53.1 Å². The van der Waals surface area contributed by atoms with Crippen LogP contribution in [-0.2, 0) is 11.3 Å². The molecule has 0 spiro atoms. The molecule has 0 saturated carbocycles. The van der Waals surface area contributed by atoms with Gasteiger partial charge >= 0.3 is 0 Å². The Hall–Kier alpha value is -2.40. The fraction of sp³-hybridized carbons (Fsp3) is 0.278. The topological polar surface area (TPSA) is 56.8 Å². The maximum atomic E-state index is 12.1. The third kappa shape index (κ3) is 4.80. The maximum absolute atomic E-state index is 12.1. The molecule has 0 radical (unpaired) electrons. The van der Waals surface area contributed by atoms with Crippen LogP contribution in [0.3, 0.4) is 0 Å². The van der Waals surface area contributed by atoms with Gasteiger partial charge in [0, 0.05) is 11.6 Å². The van der Waals surface area contributed by atoms with E-state index in [1.54, 1.807) is 51.5 Å². The number of benzene rings is 2. The van der Waals surface area contributed by atoms with Gasteiger partial charge in [-0.3, -0.25) is 4.79 Å². The second kappa shape index (κ2) is 8.45. The fourth-order valence-corrected chi connectivity index (χ4v) is 2.22. The Morgan fingerprint density at radius 3 is 2.38 bits per heavy atom. The summed E-state index contributed by atoms with van der Waals surface area (Å²) in [5.74, 6) is 1.65. The molecule has 0 heterocycles. The number of rotatable bonds is 7. The molecular formula is C18H20ClNO4. The first-order valence-electron chi connectivity index (χ1n) is 7.44. The van der Waals surface area contributed by atoms with E-state index in [0.29, 0.717) is 28.8 Å². The third-order valence-corrected chi connectivity index (χ3v) is 3.66. The number of carbonyl (C=O) groups is 1. The maximum Gasteiger partial charge on any atom is 0.261 e. The lowest BCUT2D eigenvalue weighted by Gasteiger charge is -2.15. The molecule has 128 valence electrons. The smallest absolute Gasteiger partial charge is 0.261 e. The second-order valence-corrected chi connectivity index (χ2v) is 5.56. The Morgan fingerprint density at radius 2 is 1.75 bits per heavy atom. The number of nitrogens with one attached hydrogen (secondary N) is 1. The van der Waals surface area contributed by atoms with Gasteiger partial charge in [-0.25, -0.2) is 0 Å². The van der Waals surface area contributed by atoms with E-state index in [1.807, 2.05) is 12.1 Å². The van der Waals surface area contributed by atoms with Gasteiger partial charge < -0.3 is 19.5 Å². The van der Waals surface area contributed by atoms with Crippen LogP contribution in [0.5, 0.6) is 17.2 Å². The Morgan fingerprint density at radius 1 is 1.08 bits per heavy atom. The van der Waals surface area contributed by atoms with Crippen molar-refractivity contribution >= 4 is 17.5 Å². The van der Waals surface area contributed by atoms with Gasteiger partial charge in [-0.2, -0.15) is 0 Å². The number of methoxy groups -OCH3 is 2. The number of ether oxygens (including phenoxy) is 3. The molecule has 1 atom stereocenters. The quantitative estimate of drug-likeness (QED) is 0.832. The van der Waals surface area contributed by atoms with Crippen LogP contribution in [0.15, 0.2) is 42.5 Å². The van der Waals surface area contributed by atoms with Crippen LogP contribution in [0.25, 0.3) is 0 Å². The molecule has 24 heavy (non-hydrogen) atoms. The highest BCUT2D eigenvalue weighted by Crippen LogP contribution is 2.27. The van der Waals surface area contributed by atoms with Crippen molar-refractivity contribution in [1.29, 1.82) is 0 Å². The van der Waals surface area contributed by atoms with Gasteiger partial charge in [-0.1, -0.05) is 17.7 Å². The van der Waals surface area contributed by atoms with Crippen molar-refractivity contribution < 1.29 is 19.0 Å². The van der Waals surface area contributed by atoms with Crippen molar-refractivity contribution in [1.82, 2.24) is 5.32 Å². The minimum atomic E-state index is -0.619. The zero-order chi connectivity index (χ0) is 17.5. The summed E-state index contributed by atoms with van der Waals surface area (Å²) in [4.78, 5) is 12.1. The van der Waals surface area contributed by atoms with Crippen LogP contribution in [0.2, 0.25) is 5.02 Å². The first-order valence-corrected chi connectivity index (χ1v) is 7.82. The largest absolute Gasteiger partial charge is 0.493 e. The number of amides is 1. The van der Waals surface area contributed by atoms with Crippen molar-refractivity contribution in [3.8, 4) is 17.2 Å². The SMILES string of the molecule is COc1ccc(CNC(=O)C(C)Oc2ccc(Cl)cc2)cc1OC. The van der Waals surface area contributed by atoms with Crippen LogP contribution >= 0.6 is 11.6 Å². The van der Waals surface area contributed by atoms with Crippen LogP contribution in [0, 0.1) is 0 Å². The Labute approximate surface area is 146 Å². The predicted molar refractivity (Wildman–Crippen MR) is 92.9 cm³/mol. The van der Waals surface area contributed by atoms with E-state index in [1.165, 1.54) is 0 Å². The van der Waals surface area contributed by atoms with E-state index in [2.05, 4.69) is 5.32 Å². The summed E-state index contributed by atoms with van der Waals surface area (Å²) in [5.41, 5.74) is 0.902. The normalized spacial score (nSPS) is 11.5. The minimum absolute atomic E-state index is 0.209. The van der Waals surface area contributed by atoms with E-state index >= 15 is 0 Å². The van der Waals surface area contributed by atoms with Crippen LogP contribution in [0.1, 0.15) is 12.5 Å². The highest BCUT2D eigenvalue weighted by atomic mass is 35.5. The lowest BCUT2D eigenvalue weighted by molar-refractivity contribution is -0.127. The van der Waals surface area contributed by atoms with E-state index in [-0.39, 0.29) is 5.91 Å². The van der Waals surface area contributed by atoms with E-state index in [9.17, 15) is 4.79 Å². The van der Waals surface area contributed by atoms with Crippen molar-refractivity contribution in [2.75, 3.05) is 14.2 Å². The van der Waals surface area contributed by atoms with Gasteiger partial charge in [-0.05, 0) is 48.9 Å². The molecule has 0 fully saturated rings. The highest BCUT2D eigenvalue weighted by Gasteiger charge is 2.14. The van der Waals surface area contributed by atoms with E-state index in [4.69, 9.17) is 25.8 Å². The third-order valence-electron chi connectivity index (χ3n) is 3.41. The molecule has 0 saturated heterocycles. The predicted octanol–water partition coefficient (Wildman–Crippen LogP) is 3.44. The lowest BCUT2D eigenvalue weighted by Crippen LogP contribution is -2.35. The Kier molecular flexibility index (Phi) is 6.32. The van der Waals surface area contributed by atoms with Crippen molar-refractivity contribution in [2.24, 2.45) is 0 Å². The molecule has 0 bridgehead atoms. The minimum Gasteiger partial charge on any atom is -0.493 e. The molecule has 2 aromatic carbocycles. The summed E-state index contributed by atoms with van der Waals surface area (Å²) in [7, 11) is 3.15. The molecule has 0 aliphatic rings. The van der Waals surface area contributed by atoms with Crippen LogP contribution in [0.4, 0.5) is 0 Å². The molecule has 5 nitrogen and oxygen atoms in total. The summed E-state index contributed by atoms with van der Waals surface area (Å²) in [6, 6.07) is 12.4. The molecule has 1 N–H and O–H groups in total. The van der Waals surface area contributed by atoms with Gasteiger partial charge in [0.05, 0.1) is 14.2 Å². The summed E-state index contributed by atoms with van der Waals surface area (Å²) in [6.07, 6.45) is -0.619. The monoisotopic (exact) mass is 349 g/mol. The average molecular weight is 350 g/mol. The second-order valence-electron chi connectivity index (χ2n) is 5.12. The van der Waals surface area contributed by atoms with Gasteiger partial charge in [0.2, 0.25) is 0 Å². The first kappa shape index (κ1) is 17.9. The van der Waals surface area contributed by atoms with E-state index in [0.717, 1.165) is 5.56 Å². The Balaban J connectivity index is 1.91. The van der Waals surface area contributed by atoms with E-state index < -0.39 is 6.10 Å². The van der Waals surface area contributed by atoms with Gasteiger partial charge in [0.15, 0.2) is 17.6 Å². The van der Waals surface area contributed by atoms with Gasteiger partial charge in [-0.15, -0.1) is 0 Å². The summed E-state index contributed by atoms with van der Waals surface area (Å²) in [6.45, 7) is 2.06. The molecule has 1 unspecified atom stereocenters. The summed E-state index contributed by atoms with van der Waals surface area (Å²) >= 11 is 5.82. The molecule has 2 rings (SSSR count). The van der Waals surface area contributed by atoms with Crippen molar-refractivity contribution in [3.63, 3.8) is 0 Å². The molecular weight excluding hydrogens is 330 g/mol. The van der Waals surface area contributed by atoms with Crippen molar-refractivity contribution in [2.45, 2.75) is 19.6 Å². The number of hydrogen-bond donors (Lipinski definition) is 1. The summed E-state index contributed by atoms with van der Waals surface area (Å²) in [5, 5.41) is 3.45. The molecule has 0 aliphatic carbocycles. The average Bonchev–Trinajstić information content (AvgIpc) is 2.61. The summed E-state index contributed by atoms with van der Waals surface area (Å²) < 4.78 is 16.0. The zero-order valence-corrected chi connectivity index (χ0v) is 14.6. The Bertz CT molecular complexity index is 688. The highest BCUT2D eigenvalue weighted by molar-refractivity contribution is 6.30.